The van der Waals surface area contributed by atoms with Gasteiger partial charge in [0.15, 0.2) is 0 Å². The average Bonchev–Trinajstić information content (AvgIpc) is 1.84. The van der Waals surface area contributed by atoms with Crippen LogP contribution in [0.2, 0.25) is 0 Å². The third kappa shape index (κ3) is 5.35. The van der Waals surface area contributed by atoms with Crippen molar-refractivity contribution < 1.29 is 18.4 Å². The summed E-state index contributed by atoms with van der Waals surface area (Å²) in [5.74, 6) is -0.944. The van der Waals surface area contributed by atoms with Gasteiger partial charge in [0.25, 0.3) is 11.9 Å². The lowest BCUT2D eigenvalue weighted by Crippen LogP contribution is -2.25. The Morgan fingerprint density at radius 1 is 1.27 bits per heavy atom. The molecule has 11 heavy (non-hydrogen) atoms. The minimum Gasteiger partial charge on any atom is -0.480 e. The standard InChI is InChI=1S/C6H9O4Si/c1-4-11(9-5(2)7)10-6(3)8/h4H,1H2,2-3H3. The maximum atomic E-state index is 10.4. The Hall–Kier alpha value is -1.10. The first-order valence-electron chi connectivity index (χ1n) is 2.92. The molecule has 0 aromatic rings. The molecular weight excluding hydrogens is 164 g/mol. The van der Waals surface area contributed by atoms with Crippen LogP contribution in [0.5, 0.6) is 0 Å². The molecule has 0 rings (SSSR count). The second kappa shape index (κ2) is 4.67. The minimum atomic E-state index is -1.92. The number of hydrogen-bond acceptors (Lipinski definition) is 4. The molecule has 5 heteroatoms. The molecule has 0 unspecified atom stereocenters. The zero-order chi connectivity index (χ0) is 8.85. The van der Waals surface area contributed by atoms with E-state index in [4.69, 9.17) is 0 Å². The molecule has 1 radical (unpaired) electrons. The van der Waals surface area contributed by atoms with Crippen LogP contribution >= 0.6 is 0 Å². The summed E-state index contributed by atoms with van der Waals surface area (Å²) in [6, 6.07) is 0. The van der Waals surface area contributed by atoms with Gasteiger partial charge in [-0.3, -0.25) is 9.59 Å². The summed E-state index contributed by atoms with van der Waals surface area (Å²) in [5.41, 5.74) is 1.33. The summed E-state index contributed by atoms with van der Waals surface area (Å²) in [6.07, 6.45) is 0. The number of rotatable bonds is 3. The van der Waals surface area contributed by atoms with Gasteiger partial charge in [0.1, 0.15) is 0 Å². The second-order valence-electron chi connectivity index (χ2n) is 1.71. The van der Waals surface area contributed by atoms with E-state index in [1.54, 1.807) is 0 Å². The fraction of sp³-hybridized carbons (Fsp3) is 0.333. The lowest BCUT2D eigenvalue weighted by molar-refractivity contribution is -0.137. The molecule has 4 nitrogen and oxygen atoms in total. The highest BCUT2D eigenvalue weighted by Crippen LogP contribution is 1.91. The average molecular weight is 173 g/mol. The van der Waals surface area contributed by atoms with Crippen molar-refractivity contribution in [1.82, 2.24) is 0 Å². The van der Waals surface area contributed by atoms with Gasteiger partial charge < -0.3 is 8.85 Å². The van der Waals surface area contributed by atoms with Crippen LogP contribution in [0.25, 0.3) is 0 Å². The molecule has 0 saturated carbocycles. The normalized spacial score (nSPS) is 9.00. The van der Waals surface area contributed by atoms with Crippen LogP contribution in [0.4, 0.5) is 0 Å². The highest BCUT2D eigenvalue weighted by Gasteiger charge is 2.18. The fourth-order valence-electron chi connectivity index (χ4n) is 0.387. The van der Waals surface area contributed by atoms with Gasteiger partial charge in [-0.05, 0) is 5.70 Å². The second-order valence-corrected chi connectivity index (χ2v) is 3.17. The Balaban J connectivity index is 3.85. The van der Waals surface area contributed by atoms with E-state index < -0.39 is 21.2 Å². The molecule has 0 aromatic heterocycles. The molecule has 0 N–H and O–H groups in total. The predicted octanol–water partition coefficient (Wildman–Crippen LogP) is 0.326. The van der Waals surface area contributed by atoms with Crippen LogP contribution in [-0.4, -0.2) is 21.2 Å². The number of carbonyl (C=O) groups is 2. The lowest BCUT2D eigenvalue weighted by Gasteiger charge is -2.07. The van der Waals surface area contributed by atoms with E-state index in [1.807, 2.05) is 0 Å². The number of carbonyl (C=O) groups excluding carboxylic acids is 2. The number of hydrogen-bond donors (Lipinski definition) is 0. The van der Waals surface area contributed by atoms with Crippen LogP contribution in [0.15, 0.2) is 12.3 Å². The summed E-state index contributed by atoms with van der Waals surface area (Å²) in [7, 11) is -1.92. The molecular formula is C6H9O4Si. The summed E-state index contributed by atoms with van der Waals surface area (Å²) >= 11 is 0. The topological polar surface area (TPSA) is 52.6 Å². The quantitative estimate of drug-likeness (QED) is 0.577. The third-order valence-corrected chi connectivity index (χ3v) is 1.97. The molecule has 0 fully saturated rings. The smallest absolute Gasteiger partial charge is 0.480 e. The van der Waals surface area contributed by atoms with E-state index in [0.717, 1.165) is 0 Å². The molecule has 0 bridgehead atoms. The van der Waals surface area contributed by atoms with Crippen LogP contribution < -0.4 is 0 Å². The zero-order valence-electron chi connectivity index (χ0n) is 6.42. The Labute approximate surface area is 66.6 Å². The zero-order valence-corrected chi connectivity index (χ0v) is 7.42. The molecule has 0 aromatic carbocycles. The first-order chi connectivity index (χ1) is 5.06. The van der Waals surface area contributed by atoms with Crippen molar-refractivity contribution in [2.24, 2.45) is 0 Å². The largest absolute Gasteiger partial charge is 0.567 e. The van der Waals surface area contributed by atoms with Crippen LogP contribution in [-0.2, 0) is 18.4 Å². The fourth-order valence-corrected chi connectivity index (χ4v) is 1.16. The van der Waals surface area contributed by atoms with Gasteiger partial charge in [0.05, 0.1) is 0 Å². The van der Waals surface area contributed by atoms with Crippen LogP contribution in [0.1, 0.15) is 13.8 Å². The first-order valence-corrected chi connectivity index (χ1v) is 4.32. The molecule has 0 amide bonds. The van der Waals surface area contributed by atoms with E-state index in [-0.39, 0.29) is 0 Å². The van der Waals surface area contributed by atoms with Crippen molar-refractivity contribution in [3.05, 3.63) is 12.3 Å². The van der Waals surface area contributed by atoms with Gasteiger partial charge in [-0.1, -0.05) is 0 Å². The summed E-state index contributed by atoms with van der Waals surface area (Å²) < 4.78 is 9.22. The van der Waals surface area contributed by atoms with Gasteiger partial charge in [0, 0.05) is 13.8 Å². The summed E-state index contributed by atoms with van der Waals surface area (Å²) in [4.78, 5) is 20.7. The maximum absolute atomic E-state index is 10.4. The van der Waals surface area contributed by atoms with E-state index in [2.05, 4.69) is 15.4 Å². The van der Waals surface area contributed by atoms with E-state index >= 15 is 0 Å². The van der Waals surface area contributed by atoms with E-state index in [9.17, 15) is 9.59 Å². The van der Waals surface area contributed by atoms with Gasteiger partial charge in [-0.25, -0.2) is 0 Å². The van der Waals surface area contributed by atoms with E-state index in [0.29, 0.717) is 0 Å². The molecule has 0 atom stereocenters. The van der Waals surface area contributed by atoms with Gasteiger partial charge in [0.2, 0.25) is 0 Å². The Morgan fingerprint density at radius 3 is 1.82 bits per heavy atom. The predicted molar refractivity (Wildman–Crippen MR) is 39.5 cm³/mol. The van der Waals surface area contributed by atoms with Crippen molar-refractivity contribution in [3.8, 4) is 0 Å². The van der Waals surface area contributed by atoms with Gasteiger partial charge in [-0.15, -0.1) is 6.58 Å². The molecule has 0 saturated heterocycles. The molecule has 0 aliphatic heterocycles. The Bertz CT molecular complexity index is 161. The summed E-state index contributed by atoms with van der Waals surface area (Å²) in [5, 5.41) is 0. The van der Waals surface area contributed by atoms with Crippen molar-refractivity contribution in [3.63, 3.8) is 0 Å². The monoisotopic (exact) mass is 173 g/mol. The maximum Gasteiger partial charge on any atom is 0.567 e. The third-order valence-electron chi connectivity index (χ3n) is 0.655. The summed E-state index contributed by atoms with van der Waals surface area (Å²) in [6.45, 7) is 5.85. The molecule has 61 valence electrons. The van der Waals surface area contributed by atoms with Crippen molar-refractivity contribution in [1.29, 1.82) is 0 Å². The molecule has 0 heterocycles. The van der Waals surface area contributed by atoms with Crippen LogP contribution in [0.3, 0.4) is 0 Å². The van der Waals surface area contributed by atoms with Gasteiger partial charge >= 0.3 is 9.28 Å². The molecule has 0 aliphatic rings. The lowest BCUT2D eigenvalue weighted by atomic mass is 10.9. The highest BCUT2D eigenvalue weighted by molar-refractivity contribution is 6.54. The van der Waals surface area contributed by atoms with Crippen LogP contribution in [0, 0.1) is 0 Å². The highest BCUT2D eigenvalue weighted by atomic mass is 28.3. The Morgan fingerprint density at radius 2 is 1.64 bits per heavy atom. The van der Waals surface area contributed by atoms with Crippen molar-refractivity contribution in [2.75, 3.05) is 0 Å². The minimum absolute atomic E-state index is 0.472. The Kier molecular flexibility index (Phi) is 4.20. The first kappa shape index (κ1) is 9.90. The molecule has 0 spiro atoms. The molecule has 0 aliphatic carbocycles. The van der Waals surface area contributed by atoms with Crippen molar-refractivity contribution >= 4 is 21.2 Å². The SMILES string of the molecule is C=C[Si](OC(C)=O)OC(C)=O. The van der Waals surface area contributed by atoms with E-state index in [1.165, 1.54) is 19.5 Å². The van der Waals surface area contributed by atoms with Crippen molar-refractivity contribution in [2.45, 2.75) is 13.8 Å². The van der Waals surface area contributed by atoms with Gasteiger partial charge in [-0.2, -0.15) is 0 Å².